The van der Waals surface area contributed by atoms with Crippen molar-refractivity contribution in [1.82, 2.24) is 0 Å². The molecule has 0 aromatic heterocycles. The molecule has 2 aliphatic heterocycles. The van der Waals surface area contributed by atoms with Crippen LogP contribution in [0.15, 0.2) is 34.0 Å². The first-order valence-electron chi connectivity index (χ1n) is 2.99. The van der Waals surface area contributed by atoms with E-state index in [0.29, 0.717) is 0 Å². The number of allylic oxidation sites excluding steroid dienone is 4. The van der Waals surface area contributed by atoms with Crippen LogP contribution in [0.5, 0.6) is 0 Å². The molecule has 52 valence electrons. The van der Waals surface area contributed by atoms with Crippen LogP contribution in [0.3, 0.4) is 0 Å². The molecule has 2 aliphatic rings. The summed E-state index contributed by atoms with van der Waals surface area (Å²) in [4.78, 5) is 10.6. The van der Waals surface area contributed by atoms with Crippen LogP contribution in [0, 0.1) is 9.73 Å². The third kappa shape index (κ3) is 7.07. The van der Waals surface area contributed by atoms with Crippen LogP contribution in [0.1, 0.15) is 0 Å². The Morgan fingerprint density at radius 3 is 1.36 bits per heavy atom. The van der Waals surface area contributed by atoms with E-state index in [1.54, 1.807) is 0 Å². The van der Waals surface area contributed by atoms with Crippen LogP contribution in [-0.4, -0.2) is 31.5 Å². The summed E-state index contributed by atoms with van der Waals surface area (Å²) in [5, 5.41) is 0. The average Bonchev–Trinajstić information content (AvgIpc) is 2.67. The predicted octanol–water partition coefficient (Wildman–Crippen LogP) is 0.532. The fraction of sp³-hybridized carbons (Fsp3) is 0. The Labute approximate surface area is 94.0 Å². The molecular weight excluding hydrogens is 311 g/mol. The summed E-state index contributed by atoms with van der Waals surface area (Å²) in [5.41, 5.74) is 0. The molecule has 0 radical (unpaired) electrons. The van der Waals surface area contributed by atoms with Gasteiger partial charge in [-0.25, -0.2) is 0 Å². The average molecular weight is 319 g/mol. The number of rotatable bonds is 0. The molecule has 2 atom stereocenters. The van der Waals surface area contributed by atoms with E-state index < -0.39 is 0 Å². The monoisotopic (exact) mass is 318 g/mol. The maximum atomic E-state index is 3.11. The van der Waals surface area contributed by atoms with Crippen molar-refractivity contribution in [2.75, 3.05) is 0 Å². The maximum absolute atomic E-state index is 3.11. The van der Waals surface area contributed by atoms with Gasteiger partial charge in [-0.1, -0.05) is 0 Å². The van der Waals surface area contributed by atoms with Gasteiger partial charge in [0.2, 0.25) is 0 Å². The molecule has 3 heteroatoms. The van der Waals surface area contributed by atoms with Gasteiger partial charge in [0.05, 0.1) is 0 Å². The third-order valence-corrected chi connectivity index (χ3v) is 3.79. The zero-order valence-corrected chi connectivity index (χ0v) is 13.3. The molecule has 0 spiro atoms. The first-order valence-corrected chi connectivity index (χ1v) is 7.51. The van der Waals surface area contributed by atoms with Gasteiger partial charge in [-0.2, -0.15) is 0 Å². The molecule has 0 N–H and O–H groups in total. The summed E-state index contributed by atoms with van der Waals surface area (Å²) in [5.74, 6) is 0. The van der Waals surface area contributed by atoms with Crippen LogP contribution in [-0.2, 0) is 19.5 Å². The first-order chi connectivity index (χ1) is 5.00. The number of hydrogen-bond acceptors (Lipinski definition) is 0. The van der Waals surface area contributed by atoms with Gasteiger partial charge in [0.15, 0.2) is 0 Å². The van der Waals surface area contributed by atoms with Gasteiger partial charge < -0.3 is 0 Å². The van der Waals surface area contributed by atoms with E-state index in [-0.39, 0.29) is 51.0 Å². The number of hydrogen-bond donors (Lipinski definition) is 0. The quantitative estimate of drug-likeness (QED) is 0.451. The van der Waals surface area contributed by atoms with E-state index in [1.807, 2.05) is 12.2 Å². The largest absolute Gasteiger partial charge is 2.00 e. The van der Waals surface area contributed by atoms with Crippen LogP contribution in [0.2, 0.25) is 0 Å². The van der Waals surface area contributed by atoms with E-state index in [1.165, 1.54) is 0 Å². The second-order valence-electron chi connectivity index (χ2n) is 1.63. The van der Waals surface area contributed by atoms with E-state index in [2.05, 4.69) is 31.6 Å². The van der Waals surface area contributed by atoms with Gasteiger partial charge in [-0.3, -0.25) is 0 Å². The van der Waals surface area contributed by atoms with Crippen molar-refractivity contribution in [3.8, 4) is 0 Å². The Morgan fingerprint density at radius 1 is 0.818 bits per heavy atom. The van der Waals surface area contributed by atoms with Crippen molar-refractivity contribution in [3.63, 3.8) is 0 Å². The minimum Gasteiger partial charge on any atom is 2.00 e. The van der Waals surface area contributed by atoms with Crippen LogP contribution in [0.25, 0.3) is 0 Å². The Hall–Kier alpha value is 0.700. The fourth-order valence-corrected chi connectivity index (χ4v) is 2.50. The molecule has 0 fully saturated rings. The molecule has 0 saturated heterocycles. The predicted molar refractivity (Wildman–Crippen MR) is 48.2 cm³/mol. The zero-order valence-electron chi connectivity index (χ0n) is 6.17. The van der Waals surface area contributed by atoms with Crippen molar-refractivity contribution in [2.24, 2.45) is 0 Å². The standard InChI is InChI=1S/2C4H4As.Zn/c2*1-2-4-5-3-1;/h2*1-3,5H;/q2*-1;+2. The molecule has 0 aromatic carbocycles. The maximum Gasteiger partial charge on any atom is 2.00 e. The first kappa shape index (κ1) is 11.7. The van der Waals surface area contributed by atoms with E-state index in [0.717, 1.165) is 0 Å². The van der Waals surface area contributed by atoms with Gasteiger partial charge in [-0.15, -0.1) is 0 Å². The second kappa shape index (κ2) is 8.79. The zero-order chi connectivity index (χ0) is 7.07. The molecular formula is C8H8As2Zn. The Bertz CT molecular complexity index is 150. The molecule has 0 aliphatic carbocycles. The minimum atomic E-state index is 0. The van der Waals surface area contributed by atoms with Crippen molar-refractivity contribution in [2.45, 2.75) is 0 Å². The molecule has 0 amide bonds. The van der Waals surface area contributed by atoms with Crippen molar-refractivity contribution in [1.29, 1.82) is 0 Å². The topological polar surface area (TPSA) is 0 Å². The molecule has 2 rings (SSSR count). The fourth-order valence-electron chi connectivity index (χ4n) is 0.481. The van der Waals surface area contributed by atoms with E-state index in [4.69, 9.17) is 0 Å². The third-order valence-electron chi connectivity index (χ3n) is 0.885. The molecule has 0 nitrogen and oxygen atoms in total. The van der Waals surface area contributed by atoms with Gasteiger partial charge in [0, 0.05) is 0 Å². The summed E-state index contributed by atoms with van der Waals surface area (Å²) >= 11 is 0.306. The normalized spacial score (nSPS) is 20.4. The Kier molecular flexibility index (Phi) is 9.35. The molecule has 0 saturated carbocycles. The smallest absolute Gasteiger partial charge is 2.00 e. The van der Waals surface area contributed by atoms with E-state index >= 15 is 0 Å². The van der Waals surface area contributed by atoms with Gasteiger partial charge >= 0.3 is 94.7 Å². The summed E-state index contributed by atoms with van der Waals surface area (Å²) in [6.45, 7) is 0. The van der Waals surface area contributed by atoms with Gasteiger partial charge in [0.25, 0.3) is 0 Å². The van der Waals surface area contributed by atoms with Crippen LogP contribution >= 0.6 is 0 Å². The van der Waals surface area contributed by atoms with Crippen molar-refractivity contribution < 1.29 is 19.5 Å². The van der Waals surface area contributed by atoms with Crippen molar-refractivity contribution >= 4 is 31.5 Å². The summed E-state index contributed by atoms with van der Waals surface area (Å²) in [7, 11) is 0. The van der Waals surface area contributed by atoms with Gasteiger partial charge in [0.1, 0.15) is 0 Å². The summed E-state index contributed by atoms with van der Waals surface area (Å²) < 4.78 is 0. The summed E-state index contributed by atoms with van der Waals surface area (Å²) in [6, 6.07) is 0. The molecule has 2 heterocycles. The Morgan fingerprint density at radius 2 is 1.27 bits per heavy atom. The second-order valence-corrected chi connectivity index (χ2v) is 5.45. The summed E-state index contributed by atoms with van der Waals surface area (Å²) in [6.07, 6.45) is 8.08. The SMILES string of the molecule is [C-]1=CC=C[AsH]1.[C-]1=CC=C[AsH]1.[Zn+2]. The van der Waals surface area contributed by atoms with E-state index in [9.17, 15) is 0 Å². The Balaban J connectivity index is 0.000000167. The van der Waals surface area contributed by atoms with Crippen LogP contribution in [0.4, 0.5) is 0 Å². The molecule has 2 unspecified atom stereocenters. The van der Waals surface area contributed by atoms with Crippen molar-refractivity contribution in [3.05, 3.63) is 43.8 Å². The molecule has 11 heavy (non-hydrogen) atoms. The van der Waals surface area contributed by atoms with Gasteiger partial charge in [-0.05, 0) is 0 Å². The molecule has 0 bridgehead atoms. The minimum absolute atomic E-state index is 0. The molecule has 0 aromatic rings. The van der Waals surface area contributed by atoms with Crippen LogP contribution < -0.4 is 0 Å².